The molecule has 1 heterocycles. The van der Waals surface area contributed by atoms with Crippen LogP contribution < -0.4 is 5.32 Å². The molecule has 0 saturated heterocycles. The van der Waals surface area contributed by atoms with Crippen LogP contribution in [-0.2, 0) is 11.3 Å². The fourth-order valence-corrected chi connectivity index (χ4v) is 2.80. The molecule has 3 rings (SSSR count). The fourth-order valence-electron chi connectivity index (χ4n) is 2.80. The van der Waals surface area contributed by atoms with Gasteiger partial charge in [0.1, 0.15) is 0 Å². The lowest BCUT2D eigenvalue weighted by Crippen LogP contribution is -2.24. The summed E-state index contributed by atoms with van der Waals surface area (Å²) in [4.78, 5) is 11.1. The molecule has 4 heteroatoms. The van der Waals surface area contributed by atoms with Crippen molar-refractivity contribution in [2.45, 2.75) is 13.0 Å². The highest BCUT2D eigenvalue weighted by atomic mass is 16.5. The van der Waals surface area contributed by atoms with E-state index in [9.17, 15) is 4.79 Å². The summed E-state index contributed by atoms with van der Waals surface area (Å²) < 4.78 is 6.90. The zero-order valence-electron chi connectivity index (χ0n) is 13.2. The third kappa shape index (κ3) is 3.37. The van der Waals surface area contributed by atoms with Gasteiger partial charge >= 0.3 is 6.09 Å². The number of carbonyl (C=O) groups is 1. The number of aromatic nitrogens is 1. The van der Waals surface area contributed by atoms with Crippen molar-refractivity contribution in [3.63, 3.8) is 0 Å². The molecule has 0 radical (unpaired) electrons. The Labute approximate surface area is 135 Å². The van der Waals surface area contributed by atoms with Gasteiger partial charge in [-0.1, -0.05) is 48.5 Å². The number of fused-ring (bicyclic) bond motifs is 1. The molecule has 23 heavy (non-hydrogen) atoms. The Morgan fingerprint density at radius 3 is 2.61 bits per heavy atom. The highest BCUT2D eigenvalue weighted by Gasteiger charge is 2.10. The Bertz CT molecular complexity index is 793. The number of benzene rings is 2. The Hall–Kier alpha value is -2.75. The Kier molecular flexibility index (Phi) is 4.62. The second-order valence-corrected chi connectivity index (χ2v) is 5.38. The molecule has 0 fully saturated rings. The van der Waals surface area contributed by atoms with E-state index in [0.29, 0.717) is 6.54 Å². The molecule has 4 nitrogen and oxygen atoms in total. The number of ether oxygens (including phenoxy) is 1. The van der Waals surface area contributed by atoms with Gasteiger partial charge in [-0.15, -0.1) is 0 Å². The third-order valence-electron chi connectivity index (χ3n) is 3.89. The number of carbonyl (C=O) groups excluding carboxylic acids is 1. The molecule has 1 aromatic heterocycles. The summed E-state index contributed by atoms with van der Waals surface area (Å²) in [7, 11) is 1.38. The number of para-hydroxylation sites is 1. The third-order valence-corrected chi connectivity index (χ3v) is 3.89. The van der Waals surface area contributed by atoms with E-state index in [-0.39, 0.29) is 6.09 Å². The van der Waals surface area contributed by atoms with Crippen LogP contribution in [0.4, 0.5) is 4.79 Å². The smallest absolute Gasteiger partial charge is 0.406 e. The number of hydrogen-bond acceptors (Lipinski definition) is 2. The first-order chi connectivity index (χ1) is 11.3. The second-order valence-electron chi connectivity index (χ2n) is 5.38. The van der Waals surface area contributed by atoms with E-state index in [1.54, 1.807) is 0 Å². The first-order valence-corrected chi connectivity index (χ1v) is 7.75. The van der Waals surface area contributed by atoms with Gasteiger partial charge in [-0.2, -0.15) is 0 Å². The zero-order valence-corrected chi connectivity index (χ0v) is 13.2. The summed E-state index contributed by atoms with van der Waals surface area (Å²) in [6.07, 6.45) is 0.457. The van der Waals surface area contributed by atoms with Gasteiger partial charge in [0, 0.05) is 29.7 Å². The van der Waals surface area contributed by atoms with Crippen LogP contribution in [0.25, 0.3) is 22.2 Å². The van der Waals surface area contributed by atoms with Gasteiger partial charge in [0.05, 0.1) is 7.11 Å². The maximum atomic E-state index is 11.1. The van der Waals surface area contributed by atoms with Crippen LogP contribution >= 0.6 is 0 Å². The van der Waals surface area contributed by atoms with Crippen LogP contribution in [0.1, 0.15) is 6.42 Å². The lowest BCUT2D eigenvalue weighted by molar-refractivity contribution is 0.171. The lowest BCUT2D eigenvalue weighted by Gasteiger charge is -2.11. The van der Waals surface area contributed by atoms with E-state index in [1.165, 1.54) is 29.3 Å². The number of aryl methyl sites for hydroxylation is 1. The zero-order chi connectivity index (χ0) is 16.1. The van der Waals surface area contributed by atoms with Crippen LogP contribution in [-0.4, -0.2) is 24.3 Å². The summed E-state index contributed by atoms with van der Waals surface area (Å²) in [6.45, 7) is 1.43. The van der Waals surface area contributed by atoms with Gasteiger partial charge in [-0.3, -0.25) is 0 Å². The maximum Gasteiger partial charge on any atom is 0.406 e. The molecule has 0 atom stereocenters. The minimum atomic E-state index is -0.384. The molecule has 0 saturated carbocycles. The molecule has 1 amide bonds. The van der Waals surface area contributed by atoms with Gasteiger partial charge in [0.25, 0.3) is 0 Å². The molecule has 1 N–H and O–H groups in total. The van der Waals surface area contributed by atoms with Crippen molar-refractivity contribution >= 4 is 17.0 Å². The summed E-state index contributed by atoms with van der Waals surface area (Å²) in [5.74, 6) is 0. The molecule has 0 aliphatic heterocycles. The van der Waals surface area contributed by atoms with E-state index in [4.69, 9.17) is 0 Å². The van der Waals surface area contributed by atoms with Crippen LogP contribution in [0.5, 0.6) is 0 Å². The molecule has 0 spiro atoms. The Morgan fingerprint density at radius 1 is 1.09 bits per heavy atom. The summed E-state index contributed by atoms with van der Waals surface area (Å²) in [5, 5.41) is 3.96. The number of alkyl carbamates (subject to hydrolysis) is 1. The van der Waals surface area contributed by atoms with Gasteiger partial charge < -0.3 is 14.6 Å². The van der Waals surface area contributed by atoms with Crippen LogP contribution in [0.15, 0.2) is 60.7 Å². The van der Waals surface area contributed by atoms with Crippen molar-refractivity contribution in [3.8, 4) is 11.3 Å². The summed E-state index contributed by atoms with van der Waals surface area (Å²) >= 11 is 0. The minimum absolute atomic E-state index is 0.384. The van der Waals surface area contributed by atoms with Gasteiger partial charge in [-0.05, 0) is 24.1 Å². The number of nitrogens with zero attached hydrogens (tertiary/aromatic N) is 1. The molecule has 0 unspecified atom stereocenters. The Balaban J connectivity index is 1.86. The average Bonchev–Trinajstić information content (AvgIpc) is 2.98. The highest BCUT2D eigenvalue weighted by molar-refractivity contribution is 5.87. The molecule has 0 aliphatic carbocycles. The molecule has 2 aromatic carbocycles. The molecule has 0 bridgehead atoms. The topological polar surface area (TPSA) is 43.3 Å². The fraction of sp³-hybridized carbons (Fsp3) is 0.211. The monoisotopic (exact) mass is 308 g/mol. The van der Waals surface area contributed by atoms with Crippen molar-refractivity contribution in [3.05, 3.63) is 60.7 Å². The maximum absolute atomic E-state index is 11.1. The van der Waals surface area contributed by atoms with Crippen LogP contribution in [0.2, 0.25) is 0 Å². The lowest BCUT2D eigenvalue weighted by atomic mass is 10.1. The van der Waals surface area contributed by atoms with Crippen molar-refractivity contribution in [1.82, 2.24) is 9.88 Å². The van der Waals surface area contributed by atoms with Gasteiger partial charge in [0.15, 0.2) is 0 Å². The largest absolute Gasteiger partial charge is 0.453 e. The predicted octanol–water partition coefficient (Wildman–Crippen LogP) is 4.05. The molecular formula is C19H20N2O2. The molecule has 118 valence electrons. The quantitative estimate of drug-likeness (QED) is 0.722. The van der Waals surface area contributed by atoms with E-state index in [0.717, 1.165) is 13.0 Å². The number of rotatable bonds is 5. The van der Waals surface area contributed by atoms with Gasteiger partial charge in [0.2, 0.25) is 0 Å². The van der Waals surface area contributed by atoms with E-state index >= 15 is 0 Å². The first kappa shape index (κ1) is 15.2. The first-order valence-electron chi connectivity index (χ1n) is 7.75. The highest BCUT2D eigenvalue weighted by Crippen LogP contribution is 2.28. The number of amides is 1. The van der Waals surface area contributed by atoms with Crippen molar-refractivity contribution in [1.29, 1.82) is 0 Å². The summed E-state index contributed by atoms with van der Waals surface area (Å²) in [6, 6.07) is 21.0. The minimum Gasteiger partial charge on any atom is -0.453 e. The van der Waals surface area contributed by atoms with Crippen molar-refractivity contribution in [2.24, 2.45) is 0 Å². The van der Waals surface area contributed by atoms with E-state index < -0.39 is 0 Å². The Morgan fingerprint density at radius 2 is 1.83 bits per heavy atom. The van der Waals surface area contributed by atoms with Crippen LogP contribution in [0.3, 0.4) is 0 Å². The number of methoxy groups -OCH3 is 1. The standard InChI is InChI=1S/C19H20N2O2/c1-23-19(22)20-12-7-13-21-17-11-6-5-10-16(17)14-18(21)15-8-3-2-4-9-15/h2-6,8-11,14H,7,12-13H2,1H3,(H,20,22). The van der Waals surface area contributed by atoms with E-state index in [2.05, 4.69) is 69.2 Å². The molecule has 3 aromatic rings. The number of hydrogen-bond donors (Lipinski definition) is 1. The SMILES string of the molecule is COC(=O)NCCCn1c(-c2ccccc2)cc2ccccc21. The number of nitrogens with one attached hydrogen (secondary N) is 1. The van der Waals surface area contributed by atoms with E-state index in [1.807, 2.05) is 6.07 Å². The predicted molar refractivity (Wildman–Crippen MR) is 92.4 cm³/mol. The summed E-state index contributed by atoms with van der Waals surface area (Å²) in [5.41, 5.74) is 3.61. The van der Waals surface area contributed by atoms with Crippen molar-refractivity contribution < 1.29 is 9.53 Å². The van der Waals surface area contributed by atoms with Crippen LogP contribution in [0, 0.1) is 0 Å². The average molecular weight is 308 g/mol. The second kappa shape index (κ2) is 7.01. The van der Waals surface area contributed by atoms with Crippen molar-refractivity contribution in [2.75, 3.05) is 13.7 Å². The molecular weight excluding hydrogens is 288 g/mol. The van der Waals surface area contributed by atoms with Gasteiger partial charge in [-0.25, -0.2) is 4.79 Å². The molecule has 0 aliphatic rings. The normalized spacial score (nSPS) is 10.7.